The molecule has 0 atom stereocenters. The topological polar surface area (TPSA) is 98.8 Å². The molecule has 0 heterocycles. The van der Waals surface area contributed by atoms with Crippen LogP contribution in [0, 0.1) is 0 Å². The molecule has 0 fully saturated rings. The number of benzene rings is 1. The van der Waals surface area contributed by atoms with Gasteiger partial charge < -0.3 is 5.32 Å². The molecule has 0 saturated carbocycles. The van der Waals surface area contributed by atoms with Gasteiger partial charge in [-0.2, -0.15) is 8.42 Å². The third-order valence-corrected chi connectivity index (χ3v) is 5.23. The van der Waals surface area contributed by atoms with E-state index in [2.05, 4.69) is 21.5 Å². The van der Waals surface area contributed by atoms with Crippen LogP contribution in [0.1, 0.15) is 71.1 Å². The van der Waals surface area contributed by atoms with Gasteiger partial charge in [0.05, 0.1) is 4.90 Å². The van der Waals surface area contributed by atoms with Crippen molar-refractivity contribution < 1.29 is 27.2 Å². The van der Waals surface area contributed by atoms with E-state index in [9.17, 15) is 18.0 Å². The third-order valence-electron chi connectivity index (χ3n) is 4.14. The standard InChI is InChI=1S/C20H31NO6S/c1-2-3-4-5-10-15-19(22)21-17-12-7-11-16-20(23)26-27-28(24,25)18-13-8-6-9-14-18/h6,8-9,13-14H,2-5,7,10-12,15-17H2,1H3,(H,21,22). The highest BCUT2D eigenvalue weighted by atomic mass is 32.2. The minimum atomic E-state index is -4.11. The Morgan fingerprint density at radius 2 is 1.54 bits per heavy atom. The molecule has 1 amide bonds. The number of rotatable bonds is 15. The van der Waals surface area contributed by atoms with E-state index in [0.29, 0.717) is 19.4 Å². The van der Waals surface area contributed by atoms with Gasteiger partial charge in [0.2, 0.25) is 5.91 Å². The predicted octanol–water partition coefficient (Wildman–Crippen LogP) is 3.89. The smallest absolute Gasteiger partial charge is 0.343 e. The fraction of sp³-hybridized carbons (Fsp3) is 0.600. The molecule has 1 rings (SSSR count). The highest BCUT2D eigenvalue weighted by Gasteiger charge is 2.18. The molecule has 1 aromatic rings. The summed E-state index contributed by atoms with van der Waals surface area (Å²) in [5.74, 6) is -0.675. The number of amides is 1. The van der Waals surface area contributed by atoms with Crippen molar-refractivity contribution in [3.63, 3.8) is 0 Å². The zero-order valence-electron chi connectivity index (χ0n) is 16.5. The van der Waals surface area contributed by atoms with Gasteiger partial charge in [0.15, 0.2) is 0 Å². The molecule has 0 aliphatic heterocycles. The second kappa shape index (κ2) is 14.1. The van der Waals surface area contributed by atoms with Crippen LogP contribution in [-0.2, 0) is 28.9 Å². The van der Waals surface area contributed by atoms with Gasteiger partial charge in [0, 0.05) is 19.4 Å². The van der Waals surface area contributed by atoms with E-state index in [-0.39, 0.29) is 17.2 Å². The molecule has 0 aliphatic carbocycles. The maximum absolute atomic E-state index is 11.8. The molecule has 0 unspecified atom stereocenters. The van der Waals surface area contributed by atoms with Crippen LogP contribution in [0.5, 0.6) is 0 Å². The van der Waals surface area contributed by atoms with Crippen LogP contribution < -0.4 is 5.32 Å². The number of nitrogens with one attached hydrogen (secondary N) is 1. The zero-order valence-corrected chi connectivity index (χ0v) is 17.3. The number of hydrogen-bond donors (Lipinski definition) is 1. The first-order valence-corrected chi connectivity index (χ1v) is 11.3. The first kappa shape index (κ1) is 24.1. The number of hydrogen-bond acceptors (Lipinski definition) is 6. The lowest BCUT2D eigenvalue weighted by atomic mass is 10.1. The normalized spacial score (nSPS) is 11.2. The summed E-state index contributed by atoms with van der Waals surface area (Å²) in [6, 6.07) is 7.46. The SMILES string of the molecule is CCCCCCCC(=O)NCCCCCC(=O)OOS(=O)(=O)c1ccccc1. The summed E-state index contributed by atoms with van der Waals surface area (Å²) in [5.41, 5.74) is 0. The maximum atomic E-state index is 11.8. The lowest BCUT2D eigenvalue weighted by Gasteiger charge is -2.06. The van der Waals surface area contributed by atoms with Gasteiger partial charge in [-0.25, -0.2) is 4.79 Å². The molecule has 1 aromatic carbocycles. The van der Waals surface area contributed by atoms with Gasteiger partial charge in [-0.15, -0.1) is 0 Å². The van der Waals surface area contributed by atoms with E-state index >= 15 is 0 Å². The number of unbranched alkanes of at least 4 members (excludes halogenated alkanes) is 6. The van der Waals surface area contributed by atoms with Crippen molar-refractivity contribution in [1.82, 2.24) is 5.32 Å². The highest BCUT2D eigenvalue weighted by Crippen LogP contribution is 2.12. The Labute approximate surface area is 167 Å². The summed E-state index contributed by atoms with van der Waals surface area (Å²) in [5, 5.41) is 2.87. The molecule has 0 saturated heterocycles. The van der Waals surface area contributed by atoms with Gasteiger partial charge in [-0.1, -0.05) is 57.2 Å². The van der Waals surface area contributed by atoms with E-state index in [1.165, 1.54) is 31.4 Å². The molecule has 0 aromatic heterocycles. The van der Waals surface area contributed by atoms with Gasteiger partial charge >= 0.3 is 16.1 Å². The third kappa shape index (κ3) is 11.0. The maximum Gasteiger partial charge on any atom is 0.343 e. The molecular weight excluding hydrogens is 382 g/mol. The van der Waals surface area contributed by atoms with Crippen molar-refractivity contribution in [2.45, 2.75) is 76.0 Å². The fourth-order valence-electron chi connectivity index (χ4n) is 2.53. The Kier molecular flexibility index (Phi) is 12.2. The minimum absolute atomic E-state index is 0.0513. The van der Waals surface area contributed by atoms with Gasteiger partial charge in [-0.05, 0) is 35.7 Å². The Morgan fingerprint density at radius 1 is 0.893 bits per heavy atom. The fourth-order valence-corrected chi connectivity index (χ4v) is 3.26. The van der Waals surface area contributed by atoms with Crippen LogP contribution in [0.25, 0.3) is 0 Å². The zero-order chi connectivity index (χ0) is 20.7. The van der Waals surface area contributed by atoms with Gasteiger partial charge in [0.1, 0.15) is 0 Å². The van der Waals surface area contributed by atoms with E-state index in [0.717, 1.165) is 25.7 Å². The molecular formula is C20H31NO6S. The Hall–Kier alpha value is -1.93. The van der Waals surface area contributed by atoms with E-state index < -0.39 is 16.1 Å². The summed E-state index contributed by atoms with van der Waals surface area (Å²) < 4.78 is 27.9. The van der Waals surface area contributed by atoms with Crippen molar-refractivity contribution in [3.05, 3.63) is 30.3 Å². The van der Waals surface area contributed by atoms with Crippen molar-refractivity contribution in [1.29, 1.82) is 0 Å². The first-order valence-electron chi connectivity index (χ1n) is 9.91. The largest absolute Gasteiger partial charge is 0.356 e. The average molecular weight is 414 g/mol. The van der Waals surface area contributed by atoms with Crippen molar-refractivity contribution >= 4 is 22.0 Å². The molecule has 0 bridgehead atoms. The Bertz CT molecular complexity index is 675. The lowest BCUT2D eigenvalue weighted by Crippen LogP contribution is -2.24. The van der Waals surface area contributed by atoms with Crippen LogP contribution in [-0.4, -0.2) is 26.8 Å². The number of carbonyl (C=O) groups excluding carboxylic acids is 2. The van der Waals surface area contributed by atoms with Crippen molar-refractivity contribution in [2.75, 3.05) is 6.54 Å². The molecule has 158 valence electrons. The first-order chi connectivity index (χ1) is 13.5. The van der Waals surface area contributed by atoms with Crippen molar-refractivity contribution in [2.24, 2.45) is 0 Å². The van der Waals surface area contributed by atoms with Crippen LogP contribution in [0.4, 0.5) is 0 Å². The number of carbonyl (C=O) groups is 2. The van der Waals surface area contributed by atoms with E-state index in [1.54, 1.807) is 18.2 Å². The Morgan fingerprint density at radius 3 is 2.25 bits per heavy atom. The molecule has 8 heteroatoms. The molecule has 28 heavy (non-hydrogen) atoms. The second-order valence-corrected chi connectivity index (χ2v) is 8.13. The predicted molar refractivity (Wildman–Crippen MR) is 106 cm³/mol. The van der Waals surface area contributed by atoms with Gasteiger partial charge in [0.25, 0.3) is 0 Å². The average Bonchev–Trinajstić information content (AvgIpc) is 2.69. The summed E-state index contributed by atoms with van der Waals surface area (Å²) >= 11 is 0. The Balaban J connectivity index is 2.04. The van der Waals surface area contributed by atoms with E-state index in [4.69, 9.17) is 0 Å². The lowest BCUT2D eigenvalue weighted by molar-refractivity contribution is -0.211. The van der Waals surface area contributed by atoms with Crippen LogP contribution in [0.15, 0.2) is 35.2 Å². The van der Waals surface area contributed by atoms with Crippen LogP contribution in [0.3, 0.4) is 0 Å². The minimum Gasteiger partial charge on any atom is -0.356 e. The molecule has 0 radical (unpaired) electrons. The summed E-state index contributed by atoms with van der Waals surface area (Å²) in [6.07, 6.45) is 8.20. The summed E-state index contributed by atoms with van der Waals surface area (Å²) in [4.78, 5) is 27.5. The van der Waals surface area contributed by atoms with Gasteiger partial charge in [-0.3, -0.25) is 9.68 Å². The highest BCUT2D eigenvalue weighted by molar-refractivity contribution is 7.86. The van der Waals surface area contributed by atoms with Crippen molar-refractivity contribution in [3.8, 4) is 0 Å². The quantitative estimate of drug-likeness (QED) is 0.266. The monoisotopic (exact) mass is 413 g/mol. The summed E-state index contributed by atoms with van der Waals surface area (Å²) in [7, 11) is -4.11. The van der Waals surface area contributed by atoms with Crippen LogP contribution in [0.2, 0.25) is 0 Å². The molecule has 1 N–H and O–H groups in total. The summed E-state index contributed by atoms with van der Waals surface area (Å²) in [6.45, 7) is 2.73. The second-order valence-electron chi connectivity index (χ2n) is 6.62. The molecule has 7 nitrogen and oxygen atoms in total. The van der Waals surface area contributed by atoms with E-state index in [1.807, 2.05) is 0 Å². The van der Waals surface area contributed by atoms with Crippen LogP contribution >= 0.6 is 0 Å². The molecule has 0 spiro atoms. The molecule has 0 aliphatic rings.